The van der Waals surface area contributed by atoms with Crippen LogP contribution >= 0.6 is 0 Å². The van der Waals surface area contributed by atoms with Gasteiger partial charge < -0.3 is 27.0 Å². The number of carbonyl (C=O) groups is 3. The zero-order chi connectivity index (χ0) is 33.2. The number of rotatable bonds is 11. The van der Waals surface area contributed by atoms with Gasteiger partial charge in [-0.15, -0.1) is 0 Å². The highest BCUT2D eigenvalue weighted by Crippen LogP contribution is 2.45. The first-order chi connectivity index (χ1) is 21.9. The number of amides is 3. The molecule has 0 spiro atoms. The largest absolute Gasteiger partial charge is 0.366 e. The van der Waals surface area contributed by atoms with E-state index in [0.29, 0.717) is 29.7 Å². The van der Waals surface area contributed by atoms with E-state index in [1.165, 1.54) is 12.1 Å². The molecule has 46 heavy (non-hydrogen) atoms. The molecule has 2 atom stereocenters. The number of primary amides is 2. The summed E-state index contributed by atoms with van der Waals surface area (Å²) in [6.45, 7) is 3.64. The lowest BCUT2D eigenvalue weighted by atomic mass is 9.67. The van der Waals surface area contributed by atoms with Crippen molar-refractivity contribution in [3.05, 3.63) is 99.9 Å². The Kier molecular flexibility index (Phi) is 9.21. The molecule has 3 aromatic rings. The van der Waals surface area contributed by atoms with Crippen LogP contribution in [-0.2, 0) is 23.1 Å². The van der Waals surface area contributed by atoms with E-state index in [1.807, 2.05) is 19.1 Å². The molecule has 3 aromatic carbocycles. The molecule has 3 amide bonds. The van der Waals surface area contributed by atoms with Crippen molar-refractivity contribution >= 4 is 29.2 Å². The number of aryl methyl sites for hydroxylation is 2. The number of carbonyl (C=O) groups excluding carboxylic acids is 3. The van der Waals surface area contributed by atoms with Crippen LogP contribution in [0, 0.1) is 22.6 Å². The van der Waals surface area contributed by atoms with Crippen molar-refractivity contribution < 1.29 is 18.8 Å². The fourth-order valence-corrected chi connectivity index (χ4v) is 6.57. The first kappa shape index (κ1) is 32.3. The van der Waals surface area contributed by atoms with E-state index >= 15 is 0 Å². The van der Waals surface area contributed by atoms with Crippen molar-refractivity contribution in [3.8, 4) is 6.07 Å². The summed E-state index contributed by atoms with van der Waals surface area (Å²) >= 11 is 0. The van der Waals surface area contributed by atoms with Gasteiger partial charge in [-0.1, -0.05) is 12.1 Å². The van der Waals surface area contributed by atoms with Gasteiger partial charge in [-0.2, -0.15) is 5.26 Å². The van der Waals surface area contributed by atoms with E-state index in [-0.39, 0.29) is 36.8 Å². The summed E-state index contributed by atoms with van der Waals surface area (Å²) in [7, 11) is 0. The number of fused-ring (bicyclic) bond motifs is 2. The average Bonchev–Trinajstić information content (AvgIpc) is 3.88. The molecule has 0 heterocycles. The maximum atomic E-state index is 13.8. The van der Waals surface area contributed by atoms with Crippen LogP contribution in [0.15, 0.2) is 60.7 Å². The quantitative estimate of drug-likeness (QED) is 0.160. The third-order valence-electron chi connectivity index (χ3n) is 8.95. The fraction of sp³-hybridized carbons (Fsp3) is 0.343. The van der Waals surface area contributed by atoms with Gasteiger partial charge in [-0.3, -0.25) is 19.8 Å². The summed E-state index contributed by atoms with van der Waals surface area (Å²) < 4.78 is 13.8. The zero-order valence-electron chi connectivity index (χ0n) is 25.9. The second kappa shape index (κ2) is 13.1. The lowest BCUT2D eigenvalue weighted by Gasteiger charge is -2.39. The van der Waals surface area contributed by atoms with Crippen molar-refractivity contribution in [2.45, 2.75) is 69.5 Å². The Morgan fingerprint density at radius 3 is 2.00 bits per heavy atom. The van der Waals surface area contributed by atoms with Crippen LogP contribution in [0.25, 0.3) is 0 Å². The van der Waals surface area contributed by atoms with Gasteiger partial charge in [0.05, 0.1) is 18.0 Å². The Balaban J connectivity index is 1.61. The van der Waals surface area contributed by atoms with Crippen molar-refractivity contribution in [1.29, 1.82) is 10.7 Å². The number of nitrogens with zero attached hydrogens (tertiary/aromatic N) is 2. The minimum atomic E-state index is -1.17. The Labute approximate surface area is 267 Å². The number of hydrogen-bond donors (Lipinski definition) is 5. The topological polar surface area (TPSA) is 178 Å². The van der Waals surface area contributed by atoms with Crippen molar-refractivity contribution in [1.82, 2.24) is 10.2 Å². The molecule has 10 nitrogen and oxygen atoms in total. The van der Waals surface area contributed by atoms with Crippen molar-refractivity contribution in [3.63, 3.8) is 0 Å². The Morgan fingerprint density at radius 2 is 1.52 bits per heavy atom. The summed E-state index contributed by atoms with van der Waals surface area (Å²) in [6.07, 6.45) is 3.03. The summed E-state index contributed by atoms with van der Waals surface area (Å²) in [5.41, 5.74) is 14.4. The summed E-state index contributed by atoms with van der Waals surface area (Å²) in [5.74, 6) is -1.66. The first-order valence-electron chi connectivity index (χ1n) is 15.4. The standard InChI is InChI=1S/C35H38FN7O3/c1-20(41-19-31(44)43(21(2)18-37)28-11-12-28)17-35(34(40)42-27-9-7-26(36)8-10-27)29-13-5-24(32(38)45)15-22(29)3-4-23-16-25(33(39)46)6-14-30(23)35/h5-10,13-16,20-21,28,41H,3-4,11-12,17,19H2,1-2H3,(H2,38,45)(H2,39,46)(H2,40,42)/t20-,21?/m1/s1. The van der Waals surface area contributed by atoms with Crippen molar-refractivity contribution in [2.75, 3.05) is 11.9 Å². The van der Waals surface area contributed by atoms with E-state index in [0.717, 1.165) is 35.1 Å². The molecule has 0 saturated heterocycles. The van der Waals surface area contributed by atoms with E-state index in [9.17, 15) is 29.4 Å². The van der Waals surface area contributed by atoms with Gasteiger partial charge in [-0.25, -0.2) is 4.39 Å². The lowest BCUT2D eigenvalue weighted by Crippen LogP contribution is -2.49. The molecule has 0 radical (unpaired) electrons. The van der Waals surface area contributed by atoms with Crippen LogP contribution in [0.1, 0.15) is 76.1 Å². The highest BCUT2D eigenvalue weighted by atomic mass is 19.1. The minimum absolute atomic E-state index is 0.000564. The van der Waals surface area contributed by atoms with E-state index in [4.69, 9.17) is 11.5 Å². The maximum absolute atomic E-state index is 13.8. The van der Waals surface area contributed by atoms with E-state index in [2.05, 4.69) is 16.7 Å². The summed E-state index contributed by atoms with van der Waals surface area (Å²) in [4.78, 5) is 39.3. The Morgan fingerprint density at radius 1 is 0.978 bits per heavy atom. The van der Waals surface area contributed by atoms with Crippen molar-refractivity contribution in [2.24, 2.45) is 11.5 Å². The van der Waals surface area contributed by atoms with Gasteiger partial charge in [-0.05, 0) is 117 Å². The van der Waals surface area contributed by atoms with Gasteiger partial charge >= 0.3 is 0 Å². The number of nitrogens with two attached hydrogens (primary N) is 2. The second-order valence-corrected chi connectivity index (χ2v) is 12.2. The molecule has 1 saturated carbocycles. The van der Waals surface area contributed by atoms with Gasteiger partial charge in [0, 0.05) is 28.9 Å². The minimum Gasteiger partial charge on any atom is -0.366 e. The van der Waals surface area contributed by atoms with Crippen LogP contribution in [0.5, 0.6) is 0 Å². The van der Waals surface area contributed by atoms with Crippen LogP contribution in [0.2, 0.25) is 0 Å². The molecule has 1 unspecified atom stereocenters. The molecule has 238 valence electrons. The number of halogens is 1. The van der Waals surface area contributed by atoms with Crippen LogP contribution in [-0.4, -0.2) is 53.1 Å². The third kappa shape index (κ3) is 6.48. The predicted molar refractivity (Wildman–Crippen MR) is 173 cm³/mol. The van der Waals surface area contributed by atoms with Gasteiger partial charge in [0.1, 0.15) is 17.7 Å². The van der Waals surface area contributed by atoms with Crippen LogP contribution in [0.4, 0.5) is 10.1 Å². The molecule has 2 aliphatic carbocycles. The Hall–Kier alpha value is -5.08. The zero-order valence-corrected chi connectivity index (χ0v) is 25.9. The molecular formula is C35H38FN7O3. The summed E-state index contributed by atoms with van der Waals surface area (Å²) in [6, 6.07) is 17.5. The molecule has 11 heteroatoms. The van der Waals surface area contributed by atoms with Gasteiger partial charge in [0.2, 0.25) is 17.7 Å². The maximum Gasteiger partial charge on any atom is 0.248 e. The molecule has 0 aliphatic heterocycles. The van der Waals surface area contributed by atoms with E-state index in [1.54, 1.807) is 48.2 Å². The number of hydrogen-bond acceptors (Lipinski definition) is 6. The van der Waals surface area contributed by atoms with Gasteiger partial charge in [0.25, 0.3) is 0 Å². The number of amidine groups is 1. The molecular weight excluding hydrogens is 585 g/mol. The number of nitriles is 1. The monoisotopic (exact) mass is 623 g/mol. The molecule has 0 aromatic heterocycles. The SMILES string of the molecule is CC(C#N)N(C(=O)CN[C@H](C)CC1(C(=N)Nc2ccc(F)cc2)c2ccc(C(N)=O)cc2CCc2cc(C(N)=O)ccc21)C1CC1. The van der Waals surface area contributed by atoms with Crippen LogP contribution in [0.3, 0.4) is 0 Å². The Bertz CT molecular complexity index is 1660. The number of anilines is 1. The summed E-state index contributed by atoms with van der Waals surface area (Å²) in [5, 5.41) is 25.7. The average molecular weight is 624 g/mol. The predicted octanol–water partition coefficient (Wildman–Crippen LogP) is 3.77. The normalized spacial score (nSPS) is 16.0. The fourth-order valence-electron chi connectivity index (χ4n) is 6.57. The first-order valence-corrected chi connectivity index (χ1v) is 15.4. The van der Waals surface area contributed by atoms with Crippen LogP contribution < -0.4 is 22.1 Å². The molecule has 2 aliphatic rings. The third-order valence-corrected chi connectivity index (χ3v) is 8.95. The highest BCUT2D eigenvalue weighted by Gasteiger charge is 2.45. The van der Waals surface area contributed by atoms with Gasteiger partial charge in [0.15, 0.2) is 0 Å². The molecule has 0 bridgehead atoms. The highest BCUT2D eigenvalue weighted by molar-refractivity contribution is 6.05. The lowest BCUT2D eigenvalue weighted by molar-refractivity contribution is -0.132. The molecule has 7 N–H and O–H groups in total. The molecule has 5 rings (SSSR count). The second-order valence-electron chi connectivity index (χ2n) is 12.2. The smallest absolute Gasteiger partial charge is 0.248 e. The molecule has 1 fully saturated rings. The number of benzene rings is 3. The van der Waals surface area contributed by atoms with E-state index < -0.39 is 29.1 Å². The number of nitrogens with one attached hydrogen (secondary N) is 3.